The molecule has 29 heavy (non-hydrogen) atoms. The lowest BCUT2D eigenvalue weighted by Crippen LogP contribution is -2.15. The number of ether oxygens (including phenoxy) is 1. The first-order chi connectivity index (χ1) is 13.8. The standard InChI is InChI=1S/C19H20ClN3O4S2/c1-27-10-9-23-17-8-3-13(20)11-16(17)22-19(23)28-12-18(24)21-14-4-6-15(7-5-14)29(2,25)26/h3-8,11H,9-10,12H2,1-2H3,(H,21,24). The van der Waals surface area contributed by atoms with E-state index in [0.29, 0.717) is 29.0 Å². The summed E-state index contributed by atoms with van der Waals surface area (Å²) < 4.78 is 30.2. The van der Waals surface area contributed by atoms with Gasteiger partial charge < -0.3 is 14.6 Å². The third kappa shape index (κ3) is 5.51. The Balaban J connectivity index is 1.70. The molecule has 0 saturated carbocycles. The van der Waals surface area contributed by atoms with Crippen molar-refractivity contribution in [3.8, 4) is 0 Å². The molecule has 0 aliphatic carbocycles. The van der Waals surface area contributed by atoms with Gasteiger partial charge in [-0.3, -0.25) is 4.79 Å². The highest BCUT2D eigenvalue weighted by atomic mass is 35.5. The molecule has 1 heterocycles. The Morgan fingerprint density at radius 2 is 1.97 bits per heavy atom. The maximum absolute atomic E-state index is 12.3. The Morgan fingerprint density at radius 1 is 1.24 bits per heavy atom. The van der Waals surface area contributed by atoms with E-state index >= 15 is 0 Å². The van der Waals surface area contributed by atoms with Crippen LogP contribution in [0.2, 0.25) is 5.02 Å². The van der Waals surface area contributed by atoms with Gasteiger partial charge >= 0.3 is 0 Å². The van der Waals surface area contributed by atoms with E-state index < -0.39 is 9.84 Å². The Morgan fingerprint density at radius 3 is 2.62 bits per heavy atom. The van der Waals surface area contributed by atoms with Crippen molar-refractivity contribution in [1.29, 1.82) is 0 Å². The number of aromatic nitrogens is 2. The number of nitrogens with zero attached hydrogens (tertiary/aromatic N) is 2. The fraction of sp³-hybridized carbons (Fsp3) is 0.263. The first-order valence-electron chi connectivity index (χ1n) is 8.65. The molecule has 10 heteroatoms. The van der Waals surface area contributed by atoms with Gasteiger partial charge in [-0.25, -0.2) is 13.4 Å². The Hall–Kier alpha value is -2.07. The van der Waals surface area contributed by atoms with Crippen LogP contribution in [0.4, 0.5) is 5.69 Å². The Bertz CT molecular complexity index is 1130. The van der Waals surface area contributed by atoms with Crippen molar-refractivity contribution in [3.63, 3.8) is 0 Å². The molecule has 3 aromatic rings. The maximum atomic E-state index is 12.3. The molecular formula is C19H20ClN3O4S2. The number of sulfone groups is 1. The van der Waals surface area contributed by atoms with Crippen molar-refractivity contribution in [2.75, 3.05) is 31.0 Å². The van der Waals surface area contributed by atoms with E-state index in [0.717, 1.165) is 17.3 Å². The number of amides is 1. The predicted molar refractivity (Wildman–Crippen MR) is 116 cm³/mol. The molecule has 0 aliphatic rings. The number of anilines is 1. The van der Waals surface area contributed by atoms with E-state index in [1.54, 1.807) is 31.4 Å². The second kappa shape index (κ2) is 9.17. The number of rotatable bonds is 8. The molecule has 3 rings (SSSR count). The molecule has 1 aromatic heterocycles. The first kappa shape index (κ1) is 21.6. The summed E-state index contributed by atoms with van der Waals surface area (Å²) in [7, 11) is -1.64. The van der Waals surface area contributed by atoms with E-state index in [2.05, 4.69) is 10.3 Å². The molecule has 0 spiro atoms. The van der Waals surface area contributed by atoms with E-state index in [1.165, 1.54) is 23.9 Å². The molecule has 0 saturated heterocycles. The van der Waals surface area contributed by atoms with Crippen LogP contribution in [0.25, 0.3) is 11.0 Å². The highest BCUT2D eigenvalue weighted by Gasteiger charge is 2.14. The van der Waals surface area contributed by atoms with Crippen molar-refractivity contribution in [2.45, 2.75) is 16.6 Å². The largest absolute Gasteiger partial charge is 0.383 e. The molecule has 2 aromatic carbocycles. The molecular weight excluding hydrogens is 434 g/mol. The third-order valence-corrected chi connectivity index (χ3v) is 6.43. The average Bonchev–Trinajstić information content (AvgIpc) is 3.00. The molecule has 0 unspecified atom stereocenters. The topological polar surface area (TPSA) is 90.3 Å². The second-order valence-electron chi connectivity index (χ2n) is 6.31. The summed E-state index contributed by atoms with van der Waals surface area (Å²) in [6, 6.07) is 11.5. The molecule has 0 fully saturated rings. The summed E-state index contributed by atoms with van der Waals surface area (Å²) in [4.78, 5) is 17.1. The van der Waals surface area contributed by atoms with Gasteiger partial charge in [0.15, 0.2) is 15.0 Å². The normalized spacial score (nSPS) is 11.7. The predicted octanol–water partition coefficient (Wildman–Crippen LogP) is 3.47. The number of benzene rings is 2. The quantitative estimate of drug-likeness (QED) is 0.525. The minimum atomic E-state index is -3.27. The third-order valence-electron chi connectivity index (χ3n) is 4.09. The van der Waals surface area contributed by atoms with Crippen LogP contribution in [0, 0.1) is 0 Å². The molecule has 0 radical (unpaired) electrons. The molecule has 154 valence electrons. The number of carbonyl (C=O) groups is 1. The fourth-order valence-corrected chi connectivity index (χ4v) is 4.34. The van der Waals surface area contributed by atoms with E-state index in [-0.39, 0.29) is 16.6 Å². The average molecular weight is 454 g/mol. The van der Waals surface area contributed by atoms with Gasteiger partial charge in [-0.2, -0.15) is 0 Å². The molecule has 1 N–H and O–H groups in total. The van der Waals surface area contributed by atoms with Crippen LogP contribution in [-0.4, -0.2) is 49.6 Å². The van der Waals surface area contributed by atoms with Gasteiger partial charge in [0.25, 0.3) is 0 Å². The summed E-state index contributed by atoms with van der Waals surface area (Å²) in [6.07, 6.45) is 1.14. The number of halogens is 1. The Labute approximate surface area is 178 Å². The zero-order chi connectivity index (χ0) is 21.0. The molecule has 0 aliphatic heterocycles. The number of methoxy groups -OCH3 is 1. The lowest BCUT2D eigenvalue weighted by molar-refractivity contribution is -0.113. The van der Waals surface area contributed by atoms with Gasteiger partial charge in [0.1, 0.15) is 0 Å². The van der Waals surface area contributed by atoms with E-state index in [4.69, 9.17) is 16.3 Å². The number of thioether (sulfide) groups is 1. The summed E-state index contributed by atoms with van der Waals surface area (Å²) in [5.74, 6) is -0.0665. The number of carbonyl (C=O) groups excluding carboxylic acids is 1. The van der Waals surface area contributed by atoms with Crippen LogP contribution in [0.15, 0.2) is 52.5 Å². The van der Waals surface area contributed by atoms with Crippen LogP contribution in [0.1, 0.15) is 0 Å². The second-order valence-corrected chi connectivity index (χ2v) is 9.70. The lowest BCUT2D eigenvalue weighted by Gasteiger charge is -2.09. The summed E-state index contributed by atoms with van der Waals surface area (Å²) in [5, 5.41) is 4.05. The van der Waals surface area contributed by atoms with Gasteiger partial charge in [0.05, 0.1) is 28.3 Å². The van der Waals surface area contributed by atoms with Crippen molar-refractivity contribution in [3.05, 3.63) is 47.5 Å². The summed E-state index contributed by atoms with van der Waals surface area (Å²) in [6.45, 7) is 1.12. The zero-order valence-corrected chi connectivity index (χ0v) is 18.3. The van der Waals surface area contributed by atoms with Gasteiger partial charge in [-0.15, -0.1) is 0 Å². The molecule has 7 nitrogen and oxygen atoms in total. The monoisotopic (exact) mass is 453 g/mol. The van der Waals surface area contributed by atoms with Crippen molar-refractivity contribution < 1.29 is 17.9 Å². The van der Waals surface area contributed by atoms with Gasteiger partial charge in [0, 0.05) is 30.6 Å². The molecule has 0 bridgehead atoms. The lowest BCUT2D eigenvalue weighted by atomic mass is 10.3. The molecule has 1 amide bonds. The van der Waals surface area contributed by atoms with Crippen LogP contribution < -0.4 is 5.32 Å². The van der Waals surface area contributed by atoms with Crippen LogP contribution in [-0.2, 0) is 25.9 Å². The minimum absolute atomic E-state index is 0.151. The number of fused-ring (bicyclic) bond motifs is 1. The van der Waals surface area contributed by atoms with Gasteiger partial charge in [0.2, 0.25) is 5.91 Å². The van der Waals surface area contributed by atoms with Crippen LogP contribution in [0.3, 0.4) is 0 Å². The Kier molecular flexibility index (Phi) is 6.84. The maximum Gasteiger partial charge on any atom is 0.234 e. The smallest absolute Gasteiger partial charge is 0.234 e. The number of hydrogen-bond donors (Lipinski definition) is 1. The van der Waals surface area contributed by atoms with Crippen molar-refractivity contribution in [1.82, 2.24) is 9.55 Å². The fourth-order valence-electron chi connectivity index (χ4n) is 2.70. The van der Waals surface area contributed by atoms with Crippen LogP contribution in [0.5, 0.6) is 0 Å². The van der Waals surface area contributed by atoms with Crippen LogP contribution >= 0.6 is 23.4 Å². The van der Waals surface area contributed by atoms with E-state index in [9.17, 15) is 13.2 Å². The van der Waals surface area contributed by atoms with Gasteiger partial charge in [-0.1, -0.05) is 23.4 Å². The minimum Gasteiger partial charge on any atom is -0.383 e. The highest BCUT2D eigenvalue weighted by molar-refractivity contribution is 7.99. The zero-order valence-electron chi connectivity index (χ0n) is 15.9. The van der Waals surface area contributed by atoms with Crippen molar-refractivity contribution in [2.24, 2.45) is 0 Å². The number of nitrogens with one attached hydrogen (secondary N) is 1. The van der Waals surface area contributed by atoms with Gasteiger partial charge in [-0.05, 0) is 42.5 Å². The number of hydrogen-bond acceptors (Lipinski definition) is 6. The SMILES string of the molecule is COCCn1c(SCC(=O)Nc2ccc(S(C)(=O)=O)cc2)nc2cc(Cl)ccc21. The summed E-state index contributed by atoms with van der Waals surface area (Å²) in [5.41, 5.74) is 2.21. The van der Waals surface area contributed by atoms with Crippen molar-refractivity contribution >= 4 is 55.8 Å². The molecule has 0 atom stereocenters. The highest BCUT2D eigenvalue weighted by Crippen LogP contribution is 2.26. The first-order valence-corrected chi connectivity index (χ1v) is 11.9. The van der Waals surface area contributed by atoms with E-state index in [1.807, 2.05) is 10.6 Å². The number of imidazole rings is 1. The summed E-state index contributed by atoms with van der Waals surface area (Å²) >= 11 is 7.37.